The lowest BCUT2D eigenvalue weighted by Crippen LogP contribution is -2.58. The third-order valence-corrected chi connectivity index (χ3v) is 6.20. The highest BCUT2D eigenvalue weighted by Gasteiger charge is 2.47. The Bertz CT molecular complexity index is 667. The summed E-state index contributed by atoms with van der Waals surface area (Å²) in [7, 11) is 0. The Morgan fingerprint density at radius 2 is 1.57 bits per heavy atom. The number of carbonyl (C=O) groups excluding carboxylic acids is 1. The Kier molecular flexibility index (Phi) is 6.15. The van der Waals surface area contributed by atoms with Gasteiger partial charge < -0.3 is 14.7 Å². The van der Waals surface area contributed by atoms with E-state index in [-0.39, 0.29) is 11.9 Å². The average molecular weight is 394 g/mol. The van der Waals surface area contributed by atoms with Gasteiger partial charge in [-0.25, -0.2) is 13.6 Å². The van der Waals surface area contributed by atoms with Crippen molar-refractivity contribution in [2.75, 3.05) is 44.2 Å². The number of anilines is 1. The van der Waals surface area contributed by atoms with Crippen LogP contribution in [0.25, 0.3) is 0 Å². The molecule has 0 N–H and O–H groups in total. The molecule has 2 saturated heterocycles. The summed E-state index contributed by atoms with van der Waals surface area (Å²) in [6.45, 7) is 10.6. The minimum atomic E-state index is -2.80. The monoisotopic (exact) mass is 393 g/mol. The van der Waals surface area contributed by atoms with Crippen LogP contribution in [0.3, 0.4) is 0 Å². The summed E-state index contributed by atoms with van der Waals surface area (Å²) < 4.78 is 28.9. The van der Waals surface area contributed by atoms with E-state index in [2.05, 4.69) is 43.0 Å². The van der Waals surface area contributed by atoms with Crippen LogP contribution in [-0.2, 0) is 0 Å². The number of benzene rings is 1. The van der Waals surface area contributed by atoms with Gasteiger partial charge in [0.2, 0.25) is 0 Å². The third kappa shape index (κ3) is 4.41. The van der Waals surface area contributed by atoms with E-state index in [0.29, 0.717) is 32.0 Å². The molecule has 6 heteroatoms. The first-order chi connectivity index (χ1) is 13.2. The molecule has 2 aliphatic rings. The maximum Gasteiger partial charge on any atom is 0.320 e. The molecule has 0 saturated carbocycles. The van der Waals surface area contributed by atoms with Crippen molar-refractivity contribution >= 4 is 11.7 Å². The molecule has 1 unspecified atom stereocenters. The first-order valence-electron chi connectivity index (χ1n) is 10.5. The van der Waals surface area contributed by atoms with E-state index in [1.165, 1.54) is 10.5 Å². The Labute approximate surface area is 167 Å². The Morgan fingerprint density at radius 1 is 0.964 bits per heavy atom. The van der Waals surface area contributed by atoms with Crippen LogP contribution in [0.15, 0.2) is 24.3 Å². The van der Waals surface area contributed by atoms with Crippen molar-refractivity contribution in [2.45, 2.75) is 46.0 Å². The van der Waals surface area contributed by atoms with Crippen molar-refractivity contribution in [2.24, 2.45) is 11.8 Å². The van der Waals surface area contributed by atoms with Crippen molar-refractivity contribution in [3.63, 3.8) is 0 Å². The second-order valence-corrected chi connectivity index (χ2v) is 8.82. The lowest BCUT2D eigenvalue weighted by molar-refractivity contribution is -0.117. The van der Waals surface area contributed by atoms with Gasteiger partial charge in [0.15, 0.2) is 0 Å². The van der Waals surface area contributed by atoms with Gasteiger partial charge in [0.1, 0.15) is 0 Å². The maximum absolute atomic E-state index is 14.4. The highest BCUT2D eigenvalue weighted by Crippen LogP contribution is 2.38. The molecule has 156 valence electrons. The van der Waals surface area contributed by atoms with Crippen LogP contribution in [0.4, 0.5) is 19.3 Å². The van der Waals surface area contributed by atoms with E-state index in [0.717, 1.165) is 18.8 Å². The highest BCUT2D eigenvalue weighted by atomic mass is 19.3. The van der Waals surface area contributed by atoms with Crippen molar-refractivity contribution in [3.8, 4) is 0 Å². The molecule has 2 heterocycles. The number of piperidine rings is 1. The predicted octanol–water partition coefficient (Wildman–Crippen LogP) is 4.67. The van der Waals surface area contributed by atoms with Crippen LogP contribution in [0.1, 0.15) is 45.6 Å². The molecule has 0 radical (unpaired) electrons. The number of amides is 2. The average Bonchev–Trinajstić information content (AvgIpc) is 2.66. The summed E-state index contributed by atoms with van der Waals surface area (Å²) >= 11 is 0. The summed E-state index contributed by atoms with van der Waals surface area (Å²) in [6, 6.07) is 8.32. The van der Waals surface area contributed by atoms with E-state index in [1.807, 2.05) is 13.8 Å². The zero-order valence-corrected chi connectivity index (χ0v) is 17.5. The van der Waals surface area contributed by atoms with E-state index in [4.69, 9.17) is 0 Å². The van der Waals surface area contributed by atoms with E-state index in [1.54, 1.807) is 4.90 Å². The van der Waals surface area contributed by atoms with Crippen LogP contribution < -0.4 is 4.90 Å². The molecule has 1 atom stereocenters. The molecule has 1 aromatic carbocycles. The van der Waals surface area contributed by atoms with Crippen molar-refractivity contribution in [3.05, 3.63) is 29.8 Å². The van der Waals surface area contributed by atoms with Crippen LogP contribution in [0.2, 0.25) is 0 Å². The largest absolute Gasteiger partial charge is 0.368 e. The number of carbonyl (C=O) groups is 1. The summed E-state index contributed by atoms with van der Waals surface area (Å²) in [6.07, 6.45) is 0.374. The van der Waals surface area contributed by atoms with Crippen molar-refractivity contribution < 1.29 is 13.6 Å². The molecular formula is C22H33F2N3O. The van der Waals surface area contributed by atoms with Crippen LogP contribution in [-0.4, -0.2) is 61.0 Å². The van der Waals surface area contributed by atoms with Gasteiger partial charge >= 0.3 is 6.03 Å². The highest BCUT2D eigenvalue weighted by molar-refractivity contribution is 5.75. The number of rotatable bonds is 3. The first-order valence-corrected chi connectivity index (χ1v) is 10.5. The van der Waals surface area contributed by atoms with Gasteiger partial charge in [-0.05, 0) is 36.0 Å². The number of urea groups is 1. The van der Waals surface area contributed by atoms with Gasteiger partial charge in [0, 0.05) is 44.3 Å². The normalized spacial score (nSPS) is 22.9. The number of halogens is 2. The fraction of sp³-hybridized carbons (Fsp3) is 0.682. The minimum Gasteiger partial charge on any atom is -0.368 e. The number of nitrogens with zero attached hydrogens (tertiary/aromatic N) is 3. The zero-order valence-electron chi connectivity index (χ0n) is 17.5. The van der Waals surface area contributed by atoms with Gasteiger partial charge in [-0.15, -0.1) is 0 Å². The van der Waals surface area contributed by atoms with Gasteiger partial charge in [-0.2, -0.15) is 0 Å². The molecule has 2 amide bonds. The Morgan fingerprint density at radius 3 is 2.07 bits per heavy atom. The molecule has 2 fully saturated rings. The standard InChI is InChI=1S/C22H33F2N3O/c1-16(2)18-5-7-19(8-6-18)25-11-13-26(14-12-25)21(28)27-10-9-20(17(3)4)22(23,24)15-27/h5-8,16-17,20H,9-15H2,1-4H3. The first kappa shape index (κ1) is 20.9. The van der Waals surface area contributed by atoms with Gasteiger partial charge in [-0.3, -0.25) is 0 Å². The van der Waals surface area contributed by atoms with Crippen LogP contribution >= 0.6 is 0 Å². The Balaban J connectivity index is 1.55. The molecule has 0 bridgehead atoms. The summed E-state index contributed by atoms with van der Waals surface area (Å²) in [5.74, 6) is -3.01. The van der Waals surface area contributed by atoms with E-state index < -0.39 is 18.4 Å². The molecule has 4 nitrogen and oxygen atoms in total. The number of alkyl halides is 2. The molecule has 28 heavy (non-hydrogen) atoms. The van der Waals surface area contributed by atoms with Crippen molar-refractivity contribution in [1.29, 1.82) is 0 Å². The van der Waals surface area contributed by atoms with Gasteiger partial charge in [0.25, 0.3) is 5.92 Å². The molecular weight excluding hydrogens is 360 g/mol. The number of hydrogen-bond acceptors (Lipinski definition) is 2. The Hall–Kier alpha value is -1.85. The summed E-state index contributed by atoms with van der Waals surface area (Å²) in [4.78, 5) is 18.1. The molecule has 0 aliphatic carbocycles. The lowest BCUT2D eigenvalue weighted by Gasteiger charge is -2.43. The van der Waals surface area contributed by atoms with Gasteiger partial charge in [0.05, 0.1) is 6.54 Å². The summed E-state index contributed by atoms with van der Waals surface area (Å²) in [5, 5.41) is 0. The number of likely N-dealkylation sites (tertiary alicyclic amines) is 1. The topological polar surface area (TPSA) is 26.8 Å². The summed E-state index contributed by atoms with van der Waals surface area (Å²) in [5.41, 5.74) is 2.46. The fourth-order valence-electron chi connectivity index (χ4n) is 4.37. The molecule has 0 spiro atoms. The van der Waals surface area contributed by atoms with Gasteiger partial charge in [-0.1, -0.05) is 39.8 Å². The van der Waals surface area contributed by atoms with E-state index >= 15 is 0 Å². The number of piperazine rings is 1. The van der Waals surface area contributed by atoms with Crippen molar-refractivity contribution in [1.82, 2.24) is 9.80 Å². The maximum atomic E-state index is 14.4. The van der Waals surface area contributed by atoms with Crippen LogP contribution in [0.5, 0.6) is 0 Å². The molecule has 0 aromatic heterocycles. The third-order valence-electron chi connectivity index (χ3n) is 6.20. The molecule has 2 aliphatic heterocycles. The quantitative estimate of drug-likeness (QED) is 0.746. The number of hydrogen-bond donors (Lipinski definition) is 0. The SMILES string of the molecule is CC(C)c1ccc(N2CCN(C(=O)N3CCC(C(C)C)C(F)(F)C3)CC2)cc1. The second-order valence-electron chi connectivity index (χ2n) is 8.82. The van der Waals surface area contributed by atoms with Crippen LogP contribution in [0, 0.1) is 11.8 Å². The minimum absolute atomic E-state index is 0.0714. The second kappa shape index (κ2) is 8.26. The van der Waals surface area contributed by atoms with E-state index in [9.17, 15) is 13.6 Å². The fourth-order valence-corrected chi connectivity index (χ4v) is 4.37. The smallest absolute Gasteiger partial charge is 0.320 e. The molecule has 1 aromatic rings. The molecule has 3 rings (SSSR count). The lowest BCUT2D eigenvalue weighted by atomic mass is 9.83. The predicted molar refractivity (Wildman–Crippen MR) is 109 cm³/mol. The zero-order chi connectivity index (χ0) is 20.5.